The van der Waals surface area contributed by atoms with Crippen molar-refractivity contribution >= 4 is 23.4 Å². The minimum absolute atomic E-state index is 0.0631. The summed E-state index contributed by atoms with van der Waals surface area (Å²) in [5.41, 5.74) is 1.37. The number of fused-ring (bicyclic) bond motifs is 1. The summed E-state index contributed by atoms with van der Waals surface area (Å²) in [7, 11) is 3.32. The SMILES string of the molecule is CCCC(=O)Nc1ccc2c(c1)C(=O)N(C)C[C@@H](OC)[C@H](C)CN(C(=O)c1cccnc1)[C@@H](C)CO2. The summed E-state index contributed by atoms with van der Waals surface area (Å²) in [6, 6.07) is 8.23. The molecule has 1 N–H and O–H groups in total. The lowest BCUT2D eigenvalue weighted by Crippen LogP contribution is -2.48. The first-order chi connectivity index (χ1) is 17.2. The van der Waals surface area contributed by atoms with E-state index in [0.29, 0.717) is 42.1 Å². The number of hydrogen-bond acceptors (Lipinski definition) is 6. The van der Waals surface area contributed by atoms with Gasteiger partial charge in [-0.2, -0.15) is 0 Å². The van der Waals surface area contributed by atoms with Crippen LogP contribution in [-0.2, 0) is 9.53 Å². The molecule has 2 heterocycles. The van der Waals surface area contributed by atoms with Crippen LogP contribution < -0.4 is 10.1 Å². The van der Waals surface area contributed by atoms with E-state index in [9.17, 15) is 14.4 Å². The van der Waals surface area contributed by atoms with E-state index in [1.54, 1.807) is 66.7 Å². The monoisotopic (exact) mass is 496 g/mol. The number of hydrogen-bond donors (Lipinski definition) is 1. The van der Waals surface area contributed by atoms with Gasteiger partial charge in [0.15, 0.2) is 0 Å². The van der Waals surface area contributed by atoms with Gasteiger partial charge >= 0.3 is 0 Å². The number of ether oxygens (including phenoxy) is 2. The Morgan fingerprint density at radius 3 is 2.67 bits per heavy atom. The zero-order valence-corrected chi connectivity index (χ0v) is 21.7. The first-order valence-electron chi connectivity index (χ1n) is 12.3. The predicted octanol–water partition coefficient (Wildman–Crippen LogP) is 3.47. The van der Waals surface area contributed by atoms with Crippen molar-refractivity contribution in [2.24, 2.45) is 5.92 Å². The lowest BCUT2D eigenvalue weighted by atomic mass is 10.0. The Morgan fingerprint density at radius 1 is 1.22 bits per heavy atom. The van der Waals surface area contributed by atoms with E-state index in [1.165, 1.54) is 0 Å². The van der Waals surface area contributed by atoms with Gasteiger partial charge in [0.1, 0.15) is 12.4 Å². The lowest BCUT2D eigenvalue weighted by molar-refractivity contribution is -0.116. The Kier molecular flexibility index (Phi) is 9.41. The second-order valence-corrected chi connectivity index (χ2v) is 9.31. The highest BCUT2D eigenvalue weighted by atomic mass is 16.5. The Hall–Kier alpha value is -3.46. The molecule has 0 spiro atoms. The van der Waals surface area contributed by atoms with Crippen LogP contribution in [0, 0.1) is 5.92 Å². The van der Waals surface area contributed by atoms with E-state index in [4.69, 9.17) is 9.47 Å². The number of nitrogens with zero attached hydrogens (tertiary/aromatic N) is 3. The molecule has 9 nitrogen and oxygen atoms in total. The molecule has 0 radical (unpaired) electrons. The van der Waals surface area contributed by atoms with Gasteiger partial charge < -0.3 is 24.6 Å². The number of carbonyl (C=O) groups excluding carboxylic acids is 3. The molecule has 1 aliphatic heterocycles. The number of anilines is 1. The maximum absolute atomic E-state index is 13.4. The zero-order chi connectivity index (χ0) is 26.2. The van der Waals surface area contributed by atoms with Crippen LogP contribution in [-0.4, -0.2) is 78.5 Å². The number of benzene rings is 1. The van der Waals surface area contributed by atoms with Gasteiger partial charge in [0.2, 0.25) is 5.91 Å². The highest BCUT2D eigenvalue weighted by Gasteiger charge is 2.31. The first kappa shape index (κ1) is 27.1. The average molecular weight is 497 g/mol. The highest BCUT2D eigenvalue weighted by Crippen LogP contribution is 2.27. The molecule has 0 bridgehead atoms. The standard InChI is InChI=1S/C27H36N4O5/c1-6-8-25(32)29-21-10-11-23-22(13-21)27(34)30(4)16-24(35-5)18(2)15-31(19(3)17-36-23)26(33)20-9-7-12-28-14-20/h7,9-14,18-19,24H,6,8,15-17H2,1-5H3,(H,29,32)/t18-,19+,24-/m1/s1. The van der Waals surface area contributed by atoms with Crippen LogP contribution in [0.3, 0.4) is 0 Å². The maximum atomic E-state index is 13.4. The van der Waals surface area contributed by atoms with Crippen molar-refractivity contribution in [2.45, 2.75) is 45.8 Å². The molecular weight excluding hydrogens is 460 g/mol. The van der Waals surface area contributed by atoms with Gasteiger partial charge in [-0.15, -0.1) is 0 Å². The van der Waals surface area contributed by atoms with E-state index in [-0.39, 0.29) is 42.4 Å². The number of rotatable bonds is 5. The van der Waals surface area contributed by atoms with Crippen LogP contribution in [0.15, 0.2) is 42.7 Å². The molecule has 3 rings (SSSR count). The number of aromatic nitrogens is 1. The second kappa shape index (κ2) is 12.5. The third kappa shape index (κ3) is 6.60. The number of carbonyl (C=O) groups is 3. The lowest BCUT2D eigenvalue weighted by Gasteiger charge is -2.36. The quantitative estimate of drug-likeness (QED) is 0.680. The fourth-order valence-corrected chi connectivity index (χ4v) is 4.24. The molecule has 3 amide bonds. The van der Waals surface area contributed by atoms with Gasteiger partial charge in [0, 0.05) is 57.7 Å². The van der Waals surface area contributed by atoms with Crippen LogP contribution >= 0.6 is 0 Å². The molecule has 1 aromatic carbocycles. The molecule has 3 atom stereocenters. The molecule has 2 aromatic rings. The Bertz CT molecular complexity index is 1060. The number of pyridine rings is 1. The number of amides is 3. The fourth-order valence-electron chi connectivity index (χ4n) is 4.24. The molecule has 194 valence electrons. The third-order valence-electron chi connectivity index (χ3n) is 6.37. The molecule has 36 heavy (non-hydrogen) atoms. The third-order valence-corrected chi connectivity index (χ3v) is 6.37. The summed E-state index contributed by atoms with van der Waals surface area (Å²) >= 11 is 0. The van der Waals surface area contributed by atoms with E-state index in [0.717, 1.165) is 6.42 Å². The van der Waals surface area contributed by atoms with Gasteiger partial charge in [0.05, 0.1) is 23.3 Å². The normalized spacial score (nSPS) is 21.0. The molecule has 0 aliphatic carbocycles. The van der Waals surface area contributed by atoms with Crippen molar-refractivity contribution < 1.29 is 23.9 Å². The summed E-state index contributed by atoms with van der Waals surface area (Å²) in [4.78, 5) is 46.4. The van der Waals surface area contributed by atoms with Crippen molar-refractivity contribution in [3.8, 4) is 5.75 Å². The molecule has 0 fully saturated rings. The molecule has 0 saturated carbocycles. The topological polar surface area (TPSA) is 101 Å². The summed E-state index contributed by atoms with van der Waals surface area (Å²) in [6.07, 6.45) is 4.01. The minimum Gasteiger partial charge on any atom is -0.491 e. The van der Waals surface area contributed by atoms with Crippen molar-refractivity contribution in [3.63, 3.8) is 0 Å². The van der Waals surface area contributed by atoms with Gasteiger partial charge in [-0.25, -0.2) is 0 Å². The van der Waals surface area contributed by atoms with Crippen LogP contribution in [0.2, 0.25) is 0 Å². The first-order valence-corrected chi connectivity index (χ1v) is 12.3. The van der Waals surface area contributed by atoms with Gasteiger partial charge in [-0.3, -0.25) is 19.4 Å². The number of nitrogens with one attached hydrogen (secondary N) is 1. The Morgan fingerprint density at radius 2 is 2.00 bits per heavy atom. The van der Waals surface area contributed by atoms with Crippen molar-refractivity contribution in [1.29, 1.82) is 0 Å². The molecule has 1 aliphatic rings. The van der Waals surface area contributed by atoms with E-state index in [1.807, 2.05) is 20.8 Å². The summed E-state index contributed by atoms with van der Waals surface area (Å²) in [5.74, 6) is -0.159. The Balaban J connectivity index is 1.96. The van der Waals surface area contributed by atoms with E-state index >= 15 is 0 Å². The van der Waals surface area contributed by atoms with Gasteiger partial charge in [0.25, 0.3) is 11.8 Å². The number of likely N-dealkylation sites (N-methyl/N-ethyl adjacent to an activating group) is 1. The van der Waals surface area contributed by atoms with Crippen molar-refractivity contribution in [3.05, 3.63) is 53.9 Å². The highest BCUT2D eigenvalue weighted by molar-refractivity contribution is 5.99. The number of methoxy groups -OCH3 is 1. The largest absolute Gasteiger partial charge is 0.491 e. The fraction of sp³-hybridized carbons (Fsp3) is 0.481. The summed E-state index contributed by atoms with van der Waals surface area (Å²) < 4.78 is 11.9. The molecule has 0 unspecified atom stereocenters. The zero-order valence-electron chi connectivity index (χ0n) is 21.7. The smallest absolute Gasteiger partial charge is 0.257 e. The van der Waals surface area contributed by atoms with Gasteiger partial charge in [-0.05, 0) is 43.7 Å². The van der Waals surface area contributed by atoms with Crippen LogP contribution in [0.4, 0.5) is 5.69 Å². The predicted molar refractivity (Wildman–Crippen MR) is 137 cm³/mol. The minimum atomic E-state index is -0.299. The van der Waals surface area contributed by atoms with Crippen molar-refractivity contribution in [2.75, 3.05) is 39.2 Å². The summed E-state index contributed by atoms with van der Waals surface area (Å²) in [5, 5.41) is 2.84. The molecule has 0 saturated heterocycles. The maximum Gasteiger partial charge on any atom is 0.257 e. The molecule has 1 aromatic heterocycles. The second-order valence-electron chi connectivity index (χ2n) is 9.31. The molecule has 9 heteroatoms. The molecular formula is C27H36N4O5. The van der Waals surface area contributed by atoms with Crippen LogP contribution in [0.25, 0.3) is 0 Å². The van der Waals surface area contributed by atoms with Crippen LogP contribution in [0.5, 0.6) is 5.75 Å². The Labute approximate surface area is 212 Å². The van der Waals surface area contributed by atoms with Gasteiger partial charge in [-0.1, -0.05) is 13.8 Å². The van der Waals surface area contributed by atoms with Crippen LogP contribution in [0.1, 0.15) is 54.3 Å². The van der Waals surface area contributed by atoms with E-state index < -0.39 is 0 Å². The van der Waals surface area contributed by atoms with E-state index in [2.05, 4.69) is 10.3 Å². The van der Waals surface area contributed by atoms with Crippen molar-refractivity contribution in [1.82, 2.24) is 14.8 Å². The summed E-state index contributed by atoms with van der Waals surface area (Å²) in [6.45, 7) is 6.79. The average Bonchev–Trinajstić information content (AvgIpc) is 2.88.